The number of fused-ring (bicyclic) bond motifs is 1. The van der Waals surface area contributed by atoms with Crippen LogP contribution >= 0.6 is 18.1 Å². The molecule has 6 N–H and O–H groups in total. The van der Waals surface area contributed by atoms with Gasteiger partial charge in [0.25, 0.3) is 5.56 Å². The molecule has 2 aromatic heterocycles. The summed E-state index contributed by atoms with van der Waals surface area (Å²) < 4.78 is 31.5. The third-order valence-corrected chi connectivity index (χ3v) is 10.5. The Morgan fingerprint density at radius 3 is 2.89 bits per heavy atom. The van der Waals surface area contributed by atoms with Crippen LogP contribution in [0.2, 0.25) is 0 Å². The SMILES string of the molecule is C[C@@H](OC(=O)[C@H]1CS[P@@](=O)(OC[C@H]2O[C@@H](n3cnc4c(=O)[nH]c(N)nc43)[C@](C)(O)[C@@H]2O)N1)c1ccccc1. The lowest BCUT2D eigenvalue weighted by Gasteiger charge is -2.27. The molecule has 0 saturated carbocycles. The van der Waals surface area contributed by atoms with Gasteiger partial charge < -0.3 is 29.9 Å². The van der Waals surface area contributed by atoms with Crippen LogP contribution in [0.4, 0.5) is 5.95 Å². The Morgan fingerprint density at radius 2 is 2.16 bits per heavy atom. The molecule has 0 spiro atoms. The van der Waals surface area contributed by atoms with Gasteiger partial charge in [0.05, 0.1) is 12.9 Å². The van der Waals surface area contributed by atoms with Gasteiger partial charge in [-0.1, -0.05) is 41.7 Å². The van der Waals surface area contributed by atoms with Crippen LogP contribution in [0.5, 0.6) is 0 Å². The third-order valence-electron chi connectivity index (χ3n) is 6.44. The lowest BCUT2D eigenvalue weighted by atomic mass is 9.96. The quantitative estimate of drug-likeness (QED) is 0.199. The van der Waals surface area contributed by atoms with Crippen molar-refractivity contribution in [1.29, 1.82) is 0 Å². The normalized spacial score (nSPS) is 32.0. The van der Waals surface area contributed by atoms with Gasteiger partial charge in [0.2, 0.25) is 5.95 Å². The predicted octanol–water partition coefficient (Wildman–Crippen LogP) is 0.845. The molecule has 0 amide bonds. The molecule has 16 heteroatoms. The van der Waals surface area contributed by atoms with E-state index >= 15 is 0 Å². The van der Waals surface area contributed by atoms with E-state index in [9.17, 15) is 24.4 Å². The highest BCUT2D eigenvalue weighted by Gasteiger charge is 2.54. The number of nitrogens with two attached hydrogens (primary N) is 1. The van der Waals surface area contributed by atoms with E-state index in [2.05, 4.69) is 20.0 Å². The van der Waals surface area contributed by atoms with E-state index in [4.69, 9.17) is 19.7 Å². The maximum absolute atomic E-state index is 13.2. The molecule has 4 heterocycles. The van der Waals surface area contributed by atoms with Crippen LogP contribution in [0.25, 0.3) is 11.2 Å². The number of aromatic nitrogens is 4. The van der Waals surface area contributed by atoms with E-state index in [1.807, 2.05) is 30.3 Å². The molecule has 0 bridgehead atoms. The Bertz CT molecular complexity index is 1450. The molecule has 5 rings (SSSR count). The minimum Gasteiger partial charge on any atom is -0.457 e. The van der Waals surface area contributed by atoms with Crippen LogP contribution in [-0.2, 0) is 23.4 Å². The molecular formula is C22H27N6O8PS. The van der Waals surface area contributed by atoms with Crippen molar-refractivity contribution in [1.82, 2.24) is 24.6 Å². The van der Waals surface area contributed by atoms with Crippen molar-refractivity contribution in [3.63, 3.8) is 0 Å². The molecule has 204 valence electrons. The highest BCUT2D eigenvalue weighted by molar-refractivity contribution is 8.56. The van der Waals surface area contributed by atoms with Gasteiger partial charge in [0.1, 0.15) is 30.0 Å². The number of aliphatic hydroxyl groups excluding tert-OH is 1. The average Bonchev–Trinajstić information content (AvgIpc) is 3.54. The summed E-state index contributed by atoms with van der Waals surface area (Å²) in [5.74, 6) is -0.561. The molecule has 2 aliphatic heterocycles. The fourth-order valence-electron chi connectivity index (χ4n) is 4.35. The van der Waals surface area contributed by atoms with Gasteiger partial charge in [-0.05, 0) is 19.4 Å². The van der Waals surface area contributed by atoms with Crippen LogP contribution in [0, 0.1) is 0 Å². The summed E-state index contributed by atoms with van der Waals surface area (Å²) in [7, 11) is 0. The van der Waals surface area contributed by atoms with Crippen LogP contribution in [-0.4, -0.2) is 71.9 Å². The lowest BCUT2D eigenvalue weighted by Crippen LogP contribution is -2.44. The maximum atomic E-state index is 13.2. The van der Waals surface area contributed by atoms with Crippen LogP contribution in [0.1, 0.15) is 31.7 Å². The van der Waals surface area contributed by atoms with Crippen molar-refractivity contribution in [3.8, 4) is 0 Å². The van der Waals surface area contributed by atoms with Crippen molar-refractivity contribution < 1.29 is 33.6 Å². The predicted molar refractivity (Wildman–Crippen MR) is 137 cm³/mol. The Hall–Kier alpha value is -2.78. The van der Waals surface area contributed by atoms with Crippen molar-refractivity contribution in [2.75, 3.05) is 18.1 Å². The van der Waals surface area contributed by atoms with Crippen molar-refractivity contribution >= 4 is 41.2 Å². The molecular weight excluding hydrogens is 539 g/mol. The third kappa shape index (κ3) is 4.98. The highest BCUT2D eigenvalue weighted by Crippen LogP contribution is 2.61. The first-order valence-electron chi connectivity index (χ1n) is 11.7. The first-order valence-corrected chi connectivity index (χ1v) is 14.9. The second kappa shape index (κ2) is 10.1. The molecule has 0 unspecified atom stereocenters. The molecule has 38 heavy (non-hydrogen) atoms. The zero-order chi connectivity index (χ0) is 27.2. The smallest absolute Gasteiger partial charge is 0.327 e. The molecule has 2 saturated heterocycles. The number of nitrogen functional groups attached to an aromatic ring is 1. The number of hydrogen-bond donors (Lipinski definition) is 5. The number of hydrogen-bond acceptors (Lipinski definition) is 12. The number of carbonyl (C=O) groups is 1. The first kappa shape index (κ1) is 26.8. The highest BCUT2D eigenvalue weighted by atomic mass is 32.7. The fourth-order valence-corrected chi connectivity index (χ4v) is 8.23. The number of anilines is 1. The molecule has 7 atom stereocenters. The van der Waals surface area contributed by atoms with Gasteiger partial charge in [-0.25, -0.2) is 10.1 Å². The van der Waals surface area contributed by atoms with E-state index in [0.717, 1.165) is 16.9 Å². The molecule has 3 aromatic rings. The van der Waals surface area contributed by atoms with Gasteiger partial charge in [-0.15, -0.1) is 0 Å². The number of esters is 1. The number of H-pyrrole nitrogens is 1. The number of benzene rings is 1. The summed E-state index contributed by atoms with van der Waals surface area (Å²) in [5, 5.41) is 24.5. The summed E-state index contributed by atoms with van der Waals surface area (Å²) in [5.41, 5.74) is 4.07. The topological polar surface area (TPSA) is 204 Å². The van der Waals surface area contributed by atoms with Gasteiger partial charge in [0.15, 0.2) is 17.4 Å². The van der Waals surface area contributed by atoms with Gasteiger partial charge in [-0.3, -0.25) is 23.7 Å². The number of nitrogens with zero attached hydrogens (tertiary/aromatic N) is 3. The number of ether oxygens (including phenoxy) is 2. The minimum atomic E-state index is -3.55. The molecule has 2 aliphatic rings. The van der Waals surface area contributed by atoms with E-state index in [1.54, 1.807) is 6.92 Å². The second-order valence-corrected chi connectivity index (χ2v) is 13.6. The van der Waals surface area contributed by atoms with E-state index in [1.165, 1.54) is 17.8 Å². The van der Waals surface area contributed by atoms with Gasteiger partial charge in [-0.2, -0.15) is 4.98 Å². The van der Waals surface area contributed by atoms with Crippen molar-refractivity contribution in [3.05, 3.63) is 52.6 Å². The number of imidazole rings is 1. The molecule has 2 fully saturated rings. The van der Waals surface area contributed by atoms with Crippen LogP contribution in [0.3, 0.4) is 0 Å². The van der Waals surface area contributed by atoms with Crippen LogP contribution in [0.15, 0.2) is 41.5 Å². The summed E-state index contributed by atoms with van der Waals surface area (Å²) in [6, 6.07) is 8.37. The second-order valence-electron chi connectivity index (χ2n) is 9.23. The maximum Gasteiger partial charge on any atom is 0.327 e. The summed E-state index contributed by atoms with van der Waals surface area (Å²) in [4.78, 5) is 35.1. The summed E-state index contributed by atoms with van der Waals surface area (Å²) in [6.07, 6.45) is -3.03. The zero-order valence-corrected chi connectivity index (χ0v) is 22.1. The zero-order valence-electron chi connectivity index (χ0n) is 20.4. The van der Waals surface area contributed by atoms with Crippen molar-refractivity contribution in [2.45, 2.75) is 50.0 Å². The average molecular weight is 567 g/mol. The Balaban J connectivity index is 1.23. The first-order chi connectivity index (χ1) is 18.0. The fraction of sp³-hybridized carbons (Fsp3) is 0.455. The Labute approximate surface area is 220 Å². The minimum absolute atomic E-state index is 0.0247. The van der Waals surface area contributed by atoms with E-state index in [0.29, 0.717) is 0 Å². The lowest BCUT2D eigenvalue weighted by molar-refractivity contribution is -0.150. The molecule has 14 nitrogen and oxygen atoms in total. The summed E-state index contributed by atoms with van der Waals surface area (Å²) >= 11 is 0.937. The molecule has 0 radical (unpaired) electrons. The Morgan fingerprint density at radius 1 is 1.42 bits per heavy atom. The molecule has 0 aliphatic carbocycles. The standard InChI is InChI=1S/C22H27N6O8PS/c1-11(12-6-4-3-5-7-12)35-19(31)13-9-38-37(33,27-13)34-8-14-16(29)22(2,32)20(36-14)28-10-24-15-17(28)25-21(23)26-18(15)30/h3-7,10-11,13-14,16,20,29,32H,8-9H2,1-2H3,(H,27,33)(H3,23,25,26,30)/t11-,13-,14-,16-,20-,22-,37+/m1/s1. The largest absolute Gasteiger partial charge is 0.457 e. The van der Waals surface area contributed by atoms with Crippen LogP contribution < -0.4 is 16.4 Å². The van der Waals surface area contributed by atoms with E-state index in [-0.39, 0.29) is 29.5 Å². The number of aliphatic hydroxyl groups is 2. The Kier molecular flexibility index (Phi) is 7.11. The van der Waals surface area contributed by atoms with Gasteiger partial charge in [0, 0.05) is 5.75 Å². The number of carbonyl (C=O) groups excluding carboxylic acids is 1. The van der Waals surface area contributed by atoms with Gasteiger partial charge >= 0.3 is 12.7 Å². The van der Waals surface area contributed by atoms with Crippen molar-refractivity contribution in [2.24, 2.45) is 0 Å². The van der Waals surface area contributed by atoms with E-state index < -0.39 is 54.4 Å². The monoisotopic (exact) mass is 566 g/mol. The number of nitrogens with one attached hydrogen (secondary N) is 2. The summed E-state index contributed by atoms with van der Waals surface area (Å²) in [6.45, 7) is -0.825. The number of rotatable bonds is 7. The number of aromatic amines is 1. The molecule has 1 aromatic carbocycles.